The Morgan fingerprint density at radius 3 is 0.750 bits per heavy atom. The van der Waals surface area contributed by atoms with Gasteiger partial charge < -0.3 is 4.79 Å². The van der Waals surface area contributed by atoms with Crippen molar-refractivity contribution in [3.8, 4) is 0 Å². The Kier molecular flexibility index (Phi) is 18.4. The van der Waals surface area contributed by atoms with Gasteiger partial charge >= 0.3 is 0 Å². The van der Waals surface area contributed by atoms with Gasteiger partial charge in [0.25, 0.3) is 0 Å². The highest BCUT2D eigenvalue weighted by atomic mass is 16.1. The Hall–Kier alpha value is -0.850. The molecule has 0 spiro atoms. The molecule has 0 heterocycles. The van der Waals surface area contributed by atoms with Crippen LogP contribution in [0.15, 0.2) is 24.3 Å². The molecular formula is C11H22O. The number of rotatable bonds is 0. The second-order valence-corrected chi connectivity index (χ2v) is 3.32. The Morgan fingerprint density at radius 2 is 0.750 bits per heavy atom. The molecule has 1 heteroatoms. The third-order valence-corrected chi connectivity index (χ3v) is 0. The van der Waals surface area contributed by atoms with Crippen molar-refractivity contribution in [3.63, 3.8) is 0 Å². The van der Waals surface area contributed by atoms with Gasteiger partial charge in [-0.2, -0.15) is 0 Å². The molecule has 0 aliphatic rings. The minimum absolute atomic E-state index is 0.167. The summed E-state index contributed by atoms with van der Waals surface area (Å²) in [5, 5.41) is 0. The van der Waals surface area contributed by atoms with Crippen molar-refractivity contribution in [2.75, 3.05) is 0 Å². The number of hydrogen-bond acceptors (Lipinski definition) is 1. The van der Waals surface area contributed by atoms with E-state index in [2.05, 4.69) is 13.2 Å². The summed E-state index contributed by atoms with van der Waals surface area (Å²) in [6.07, 6.45) is 0. The summed E-state index contributed by atoms with van der Waals surface area (Å²) < 4.78 is 0. The van der Waals surface area contributed by atoms with Gasteiger partial charge in [0.05, 0.1) is 0 Å². The molecule has 0 saturated carbocycles. The molecular weight excluding hydrogens is 148 g/mol. The van der Waals surface area contributed by atoms with Crippen molar-refractivity contribution in [2.45, 2.75) is 41.5 Å². The monoisotopic (exact) mass is 170 g/mol. The van der Waals surface area contributed by atoms with Gasteiger partial charge in [-0.15, -0.1) is 13.2 Å². The maximum absolute atomic E-state index is 9.44. The van der Waals surface area contributed by atoms with Crippen LogP contribution in [0.3, 0.4) is 0 Å². The number of hydrogen-bond donors (Lipinski definition) is 0. The van der Waals surface area contributed by atoms with Crippen LogP contribution in [0.5, 0.6) is 0 Å². The smallest absolute Gasteiger partial charge is 0.126 e. The fraction of sp³-hybridized carbons (Fsp3) is 0.545. The molecule has 72 valence electrons. The Labute approximate surface area is 77.2 Å². The summed E-state index contributed by atoms with van der Waals surface area (Å²) in [6.45, 7) is 18.1. The summed E-state index contributed by atoms with van der Waals surface area (Å²) in [5.74, 6) is 0.167. The summed E-state index contributed by atoms with van der Waals surface area (Å²) in [4.78, 5) is 9.44. The van der Waals surface area contributed by atoms with Crippen molar-refractivity contribution in [1.29, 1.82) is 0 Å². The van der Waals surface area contributed by atoms with Crippen molar-refractivity contribution in [2.24, 2.45) is 0 Å². The van der Waals surface area contributed by atoms with Crippen LogP contribution in [-0.2, 0) is 4.79 Å². The zero-order valence-electron chi connectivity index (χ0n) is 9.32. The van der Waals surface area contributed by atoms with E-state index in [9.17, 15) is 4.79 Å². The quantitative estimate of drug-likeness (QED) is 0.506. The molecule has 0 unspecified atom stereocenters. The van der Waals surface area contributed by atoms with E-state index in [1.54, 1.807) is 0 Å². The van der Waals surface area contributed by atoms with Crippen molar-refractivity contribution in [1.82, 2.24) is 0 Å². The van der Waals surface area contributed by atoms with E-state index in [1.807, 2.05) is 27.7 Å². The molecule has 1 nitrogen and oxygen atoms in total. The normalized spacial score (nSPS) is 6.50. The number of Topliss-reactive ketones (excluding diaryl/α,β-unsaturated/α-hetero) is 1. The minimum Gasteiger partial charge on any atom is -0.300 e. The second-order valence-electron chi connectivity index (χ2n) is 3.32. The minimum atomic E-state index is 0.167. The molecule has 0 aliphatic heterocycles. The molecule has 0 bridgehead atoms. The van der Waals surface area contributed by atoms with E-state index < -0.39 is 0 Å². The number of allylic oxidation sites excluding steroid dienone is 2. The highest BCUT2D eigenvalue weighted by Crippen LogP contribution is 1.74. The van der Waals surface area contributed by atoms with Gasteiger partial charge in [0.15, 0.2) is 0 Å². The zero-order chi connectivity index (χ0) is 10.7. The van der Waals surface area contributed by atoms with Gasteiger partial charge in [-0.1, -0.05) is 11.1 Å². The predicted octanol–water partition coefficient (Wildman–Crippen LogP) is 3.76. The molecule has 0 aromatic rings. The maximum Gasteiger partial charge on any atom is 0.126 e. The Morgan fingerprint density at radius 1 is 0.750 bits per heavy atom. The maximum atomic E-state index is 9.44. The topological polar surface area (TPSA) is 17.1 Å². The van der Waals surface area contributed by atoms with Gasteiger partial charge in [0.2, 0.25) is 0 Å². The summed E-state index contributed by atoms with van der Waals surface area (Å²) in [5.41, 5.74) is 2.33. The average Bonchev–Trinajstić information content (AvgIpc) is 1.54. The lowest BCUT2D eigenvalue weighted by Gasteiger charge is -1.65. The van der Waals surface area contributed by atoms with Crippen LogP contribution in [0.4, 0.5) is 0 Å². The van der Waals surface area contributed by atoms with Gasteiger partial charge in [-0.05, 0) is 41.5 Å². The summed E-state index contributed by atoms with van der Waals surface area (Å²) in [7, 11) is 0. The Balaban J connectivity index is -0.000000101. The van der Waals surface area contributed by atoms with E-state index in [-0.39, 0.29) is 5.78 Å². The largest absolute Gasteiger partial charge is 0.300 e. The predicted molar refractivity (Wildman–Crippen MR) is 57.3 cm³/mol. The van der Waals surface area contributed by atoms with Gasteiger partial charge in [0.1, 0.15) is 5.78 Å². The molecule has 0 aliphatic carbocycles. The number of ketones is 1. The molecule has 0 aromatic heterocycles. The fourth-order valence-electron chi connectivity index (χ4n) is 0. The zero-order valence-corrected chi connectivity index (χ0v) is 9.32. The van der Waals surface area contributed by atoms with Crippen LogP contribution in [0.2, 0.25) is 0 Å². The molecule has 0 aromatic carbocycles. The molecule has 0 fully saturated rings. The van der Waals surface area contributed by atoms with Crippen LogP contribution < -0.4 is 0 Å². The molecule has 0 atom stereocenters. The molecule has 0 radical (unpaired) electrons. The summed E-state index contributed by atoms with van der Waals surface area (Å²) in [6, 6.07) is 0. The van der Waals surface area contributed by atoms with E-state index in [1.165, 1.54) is 25.0 Å². The summed E-state index contributed by atoms with van der Waals surface area (Å²) >= 11 is 0. The highest BCUT2D eigenvalue weighted by molar-refractivity contribution is 5.72. The third kappa shape index (κ3) is 841. The lowest BCUT2D eigenvalue weighted by molar-refractivity contribution is -0.114. The van der Waals surface area contributed by atoms with Crippen LogP contribution in [0.25, 0.3) is 0 Å². The first kappa shape index (κ1) is 17.3. The number of carbonyl (C=O) groups excluding carboxylic acids is 1. The van der Waals surface area contributed by atoms with Gasteiger partial charge in [0, 0.05) is 0 Å². The molecule has 0 N–H and O–H groups in total. The average molecular weight is 170 g/mol. The molecule has 0 amide bonds. The van der Waals surface area contributed by atoms with E-state index in [0.29, 0.717) is 0 Å². The van der Waals surface area contributed by atoms with E-state index in [0.717, 1.165) is 0 Å². The van der Waals surface area contributed by atoms with Gasteiger partial charge in [-0.3, -0.25) is 0 Å². The SMILES string of the molecule is C=C(C)C.C=C(C)C.CC(C)=O. The lowest BCUT2D eigenvalue weighted by Crippen LogP contribution is -1.69. The fourth-order valence-corrected chi connectivity index (χ4v) is 0. The van der Waals surface area contributed by atoms with E-state index in [4.69, 9.17) is 0 Å². The van der Waals surface area contributed by atoms with Crippen molar-refractivity contribution < 1.29 is 4.79 Å². The van der Waals surface area contributed by atoms with Gasteiger partial charge in [-0.25, -0.2) is 0 Å². The first-order chi connectivity index (χ1) is 5.20. The number of carbonyl (C=O) groups is 1. The van der Waals surface area contributed by atoms with Crippen molar-refractivity contribution >= 4 is 5.78 Å². The molecule has 0 rings (SSSR count). The third-order valence-electron chi connectivity index (χ3n) is 0. The molecule has 0 saturated heterocycles. The Bertz CT molecular complexity index is 103. The second kappa shape index (κ2) is 12.8. The lowest BCUT2D eigenvalue weighted by atomic mass is 10.4. The highest BCUT2D eigenvalue weighted by Gasteiger charge is 1.62. The van der Waals surface area contributed by atoms with E-state index >= 15 is 0 Å². The van der Waals surface area contributed by atoms with Crippen LogP contribution in [0, 0.1) is 0 Å². The molecule has 12 heavy (non-hydrogen) atoms. The van der Waals surface area contributed by atoms with Crippen molar-refractivity contribution in [3.05, 3.63) is 24.3 Å². The first-order valence-electron chi connectivity index (χ1n) is 3.91. The van der Waals surface area contributed by atoms with Crippen LogP contribution in [-0.4, -0.2) is 5.78 Å². The van der Waals surface area contributed by atoms with Crippen LogP contribution in [0.1, 0.15) is 41.5 Å². The van der Waals surface area contributed by atoms with Crippen LogP contribution >= 0.6 is 0 Å². The first-order valence-corrected chi connectivity index (χ1v) is 3.91. The standard InChI is InChI=1S/2C4H8.C3H6O/c2*1-4(2)3;1-3(2)4/h2*1H2,2-3H3;1-2H3.